The second kappa shape index (κ2) is 5.51. The van der Waals surface area contributed by atoms with Crippen molar-refractivity contribution in [2.45, 2.75) is 0 Å². The third kappa shape index (κ3) is 2.90. The van der Waals surface area contributed by atoms with Gasteiger partial charge in [-0.3, -0.25) is 0 Å². The highest BCUT2D eigenvalue weighted by molar-refractivity contribution is 6.30. The Labute approximate surface area is 115 Å². The van der Waals surface area contributed by atoms with Crippen LogP contribution in [0.3, 0.4) is 0 Å². The molecule has 0 atom stereocenters. The Hall–Kier alpha value is -2.38. The van der Waals surface area contributed by atoms with E-state index in [4.69, 9.17) is 32.1 Å². The number of benzene rings is 2. The molecule has 0 saturated heterocycles. The topological polar surface area (TPSA) is 68.3 Å². The van der Waals surface area contributed by atoms with Gasteiger partial charge in [-0.1, -0.05) is 11.6 Å². The summed E-state index contributed by atoms with van der Waals surface area (Å²) < 4.78 is 10.7. The predicted octanol–water partition coefficient (Wildman–Crippen LogP) is 3.59. The molecule has 0 bridgehead atoms. The molecule has 2 N–H and O–H groups in total. The van der Waals surface area contributed by atoms with Crippen LogP contribution in [-0.4, -0.2) is 7.11 Å². The summed E-state index contributed by atoms with van der Waals surface area (Å²) in [5.41, 5.74) is 6.65. The van der Waals surface area contributed by atoms with Gasteiger partial charge < -0.3 is 15.2 Å². The van der Waals surface area contributed by atoms with Gasteiger partial charge in [0.1, 0.15) is 23.3 Å². The Balaban J connectivity index is 2.34. The monoisotopic (exact) mass is 274 g/mol. The van der Waals surface area contributed by atoms with Gasteiger partial charge in [-0.2, -0.15) is 5.26 Å². The lowest BCUT2D eigenvalue weighted by Gasteiger charge is -2.10. The van der Waals surface area contributed by atoms with Crippen molar-refractivity contribution in [2.75, 3.05) is 12.8 Å². The number of anilines is 1. The van der Waals surface area contributed by atoms with E-state index in [0.717, 1.165) is 0 Å². The van der Waals surface area contributed by atoms with E-state index < -0.39 is 0 Å². The lowest BCUT2D eigenvalue weighted by Crippen LogP contribution is -1.94. The Morgan fingerprint density at radius 3 is 2.58 bits per heavy atom. The summed E-state index contributed by atoms with van der Waals surface area (Å²) in [6.07, 6.45) is 0. The predicted molar refractivity (Wildman–Crippen MR) is 73.6 cm³/mol. The van der Waals surface area contributed by atoms with Crippen LogP contribution >= 0.6 is 11.6 Å². The van der Waals surface area contributed by atoms with E-state index in [0.29, 0.717) is 33.5 Å². The number of nitrogens with zero attached hydrogens (tertiary/aromatic N) is 1. The summed E-state index contributed by atoms with van der Waals surface area (Å²) in [5.74, 6) is 1.47. The fourth-order valence-electron chi connectivity index (χ4n) is 1.58. The molecule has 0 heterocycles. The third-order valence-corrected chi connectivity index (χ3v) is 2.73. The van der Waals surface area contributed by atoms with Crippen LogP contribution in [0.15, 0.2) is 36.4 Å². The van der Waals surface area contributed by atoms with Gasteiger partial charge in [0.05, 0.1) is 18.4 Å². The molecule has 0 unspecified atom stereocenters. The van der Waals surface area contributed by atoms with E-state index in [1.54, 1.807) is 36.4 Å². The Kier molecular flexibility index (Phi) is 3.79. The summed E-state index contributed by atoms with van der Waals surface area (Å²) in [6, 6.07) is 11.9. The molecule has 96 valence electrons. The van der Waals surface area contributed by atoms with Crippen molar-refractivity contribution >= 4 is 17.3 Å². The molecule has 0 amide bonds. The average Bonchev–Trinajstić information content (AvgIpc) is 2.39. The fourth-order valence-corrected chi connectivity index (χ4v) is 1.74. The van der Waals surface area contributed by atoms with E-state index in [9.17, 15) is 0 Å². The first kappa shape index (κ1) is 13.1. The maximum Gasteiger partial charge on any atom is 0.146 e. The van der Waals surface area contributed by atoms with Crippen LogP contribution in [-0.2, 0) is 0 Å². The van der Waals surface area contributed by atoms with E-state index >= 15 is 0 Å². The highest BCUT2D eigenvalue weighted by atomic mass is 35.5. The van der Waals surface area contributed by atoms with Gasteiger partial charge in [0.2, 0.25) is 0 Å². The van der Waals surface area contributed by atoms with Crippen molar-refractivity contribution < 1.29 is 9.47 Å². The van der Waals surface area contributed by atoms with Gasteiger partial charge in [-0.05, 0) is 24.3 Å². The van der Waals surface area contributed by atoms with Gasteiger partial charge >= 0.3 is 0 Å². The molecule has 0 fully saturated rings. The first-order valence-corrected chi connectivity index (χ1v) is 5.83. The van der Waals surface area contributed by atoms with Crippen LogP contribution in [0.2, 0.25) is 5.02 Å². The molecular weight excluding hydrogens is 264 g/mol. The summed E-state index contributed by atoms with van der Waals surface area (Å²) in [6.45, 7) is 0. The zero-order chi connectivity index (χ0) is 13.8. The smallest absolute Gasteiger partial charge is 0.146 e. The standard InChI is InChI=1S/C14H11ClN2O2/c1-18-13-5-4-11(7-12(13)17)19-14-6-10(15)3-2-9(14)8-16/h2-7H,17H2,1H3. The second-order valence-corrected chi connectivity index (χ2v) is 4.19. The number of hydrogen-bond acceptors (Lipinski definition) is 4. The zero-order valence-electron chi connectivity index (χ0n) is 10.2. The Morgan fingerprint density at radius 1 is 1.16 bits per heavy atom. The zero-order valence-corrected chi connectivity index (χ0v) is 10.9. The van der Waals surface area contributed by atoms with E-state index in [-0.39, 0.29) is 0 Å². The maximum absolute atomic E-state index is 9.01. The van der Waals surface area contributed by atoms with Crippen molar-refractivity contribution in [2.24, 2.45) is 0 Å². The van der Waals surface area contributed by atoms with Crippen molar-refractivity contribution in [3.63, 3.8) is 0 Å². The van der Waals surface area contributed by atoms with Gasteiger partial charge in [-0.15, -0.1) is 0 Å². The highest BCUT2D eigenvalue weighted by Gasteiger charge is 2.07. The van der Waals surface area contributed by atoms with Crippen molar-refractivity contribution in [3.05, 3.63) is 47.0 Å². The van der Waals surface area contributed by atoms with Gasteiger partial charge in [-0.25, -0.2) is 0 Å². The normalized spacial score (nSPS) is 9.74. The van der Waals surface area contributed by atoms with Crippen molar-refractivity contribution in [1.82, 2.24) is 0 Å². The molecule has 0 aliphatic rings. The summed E-state index contributed by atoms with van der Waals surface area (Å²) >= 11 is 5.88. The van der Waals surface area contributed by atoms with Gasteiger partial charge in [0.25, 0.3) is 0 Å². The van der Waals surface area contributed by atoms with Crippen LogP contribution in [0, 0.1) is 11.3 Å². The molecule has 0 saturated carbocycles. The third-order valence-electron chi connectivity index (χ3n) is 2.49. The molecule has 2 rings (SSSR count). The molecule has 4 nitrogen and oxygen atoms in total. The number of ether oxygens (including phenoxy) is 2. The van der Waals surface area contributed by atoms with Crippen LogP contribution in [0.5, 0.6) is 17.2 Å². The molecule has 0 radical (unpaired) electrons. The quantitative estimate of drug-likeness (QED) is 0.869. The van der Waals surface area contributed by atoms with Crippen molar-refractivity contribution in [1.29, 1.82) is 5.26 Å². The average molecular weight is 275 g/mol. The van der Waals surface area contributed by atoms with Crippen LogP contribution < -0.4 is 15.2 Å². The highest BCUT2D eigenvalue weighted by Crippen LogP contribution is 2.32. The minimum Gasteiger partial charge on any atom is -0.495 e. The van der Waals surface area contributed by atoms with E-state index in [1.165, 1.54) is 7.11 Å². The lowest BCUT2D eigenvalue weighted by molar-refractivity contribution is 0.415. The molecule has 0 aliphatic heterocycles. The molecule has 19 heavy (non-hydrogen) atoms. The SMILES string of the molecule is COc1ccc(Oc2cc(Cl)ccc2C#N)cc1N. The number of nitrogens with two attached hydrogens (primary N) is 1. The van der Waals surface area contributed by atoms with Crippen LogP contribution in [0.1, 0.15) is 5.56 Å². The first-order chi connectivity index (χ1) is 9.13. The summed E-state index contributed by atoms with van der Waals surface area (Å²) in [7, 11) is 1.54. The van der Waals surface area contributed by atoms with Gasteiger partial charge in [0, 0.05) is 17.2 Å². The summed E-state index contributed by atoms with van der Waals surface area (Å²) in [4.78, 5) is 0. The minimum absolute atomic E-state index is 0.388. The maximum atomic E-state index is 9.01. The number of methoxy groups -OCH3 is 1. The summed E-state index contributed by atoms with van der Waals surface area (Å²) in [5, 5.41) is 9.50. The molecular formula is C14H11ClN2O2. The van der Waals surface area contributed by atoms with E-state index in [1.807, 2.05) is 6.07 Å². The van der Waals surface area contributed by atoms with Crippen LogP contribution in [0.25, 0.3) is 0 Å². The number of rotatable bonds is 3. The number of hydrogen-bond donors (Lipinski definition) is 1. The van der Waals surface area contributed by atoms with E-state index in [2.05, 4.69) is 0 Å². The molecule has 0 aromatic heterocycles. The number of halogens is 1. The molecule has 0 aliphatic carbocycles. The van der Waals surface area contributed by atoms with Gasteiger partial charge in [0.15, 0.2) is 0 Å². The molecule has 0 spiro atoms. The first-order valence-electron chi connectivity index (χ1n) is 5.45. The second-order valence-electron chi connectivity index (χ2n) is 3.76. The Bertz CT molecular complexity index is 650. The molecule has 2 aromatic rings. The largest absolute Gasteiger partial charge is 0.495 e. The minimum atomic E-state index is 0.388. The van der Waals surface area contributed by atoms with Crippen molar-refractivity contribution in [3.8, 4) is 23.3 Å². The fraction of sp³-hybridized carbons (Fsp3) is 0.0714. The molecule has 5 heteroatoms. The Morgan fingerprint density at radius 2 is 1.95 bits per heavy atom. The lowest BCUT2D eigenvalue weighted by atomic mass is 10.2. The molecule has 2 aromatic carbocycles. The number of nitriles is 1. The van der Waals surface area contributed by atoms with Crippen LogP contribution in [0.4, 0.5) is 5.69 Å². The number of nitrogen functional groups attached to an aromatic ring is 1.